The molecule has 1 aromatic carbocycles. The molecule has 0 radical (unpaired) electrons. The summed E-state index contributed by atoms with van der Waals surface area (Å²) in [6.45, 7) is 4.24. The molecular weight excluding hydrogens is 346 g/mol. The van der Waals surface area contributed by atoms with Gasteiger partial charge in [0.25, 0.3) is 0 Å². The van der Waals surface area contributed by atoms with Crippen molar-refractivity contribution < 1.29 is 23.7 Å². The summed E-state index contributed by atoms with van der Waals surface area (Å²) >= 11 is 0. The van der Waals surface area contributed by atoms with Crippen molar-refractivity contribution in [1.29, 1.82) is 0 Å². The van der Waals surface area contributed by atoms with Gasteiger partial charge in [-0.3, -0.25) is 0 Å². The lowest BCUT2D eigenvalue weighted by molar-refractivity contribution is -0.509. The van der Waals surface area contributed by atoms with Gasteiger partial charge in [-0.1, -0.05) is 12.5 Å². The van der Waals surface area contributed by atoms with Gasteiger partial charge >= 0.3 is 0 Å². The smallest absolute Gasteiger partial charge is 0.194 e. The Morgan fingerprint density at radius 3 is 2.67 bits per heavy atom. The molecule has 1 spiro atoms. The van der Waals surface area contributed by atoms with Crippen molar-refractivity contribution in [2.24, 2.45) is 0 Å². The highest BCUT2D eigenvalue weighted by Crippen LogP contribution is 2.39. The molecule has 1 aliphatic heterocycles. The van der Waals surface area contributed by atoms with E-state index in [1.54, 1.807) is 38.6 Å². The van der Waals surface area contributed by atoms with Crippen LogP contribution in [0.1, 0.15) is 44.1 Å². The molecule has 0 N–H and O–H groups in total. The van der Waals surface area contributed by atoms with Crippen LogP contribution in [0.4, 0.5) is 0 Å². The molecule has 1 heterocycles. The molecular formula is C21H29NO5. The molecule has 0 aromatic heterocycles. The number of nitrogens with zero attached hydrogens (tertiary/aromatic N) is 1. The molecule has 1 aliphatic carbocycles. The zero-order valence-electron chi connectivity index (χ0n) is 16.2. The van der Waals surface area contributed by atoms with E-state index in [1.165, 1.54) is 6.42 Å². The molecule has 3 rings (SSSR count). The average Bonchev–Trinajstić information content (AvgIpc) is 3.09. The van der Waals surface area contributed by atoms with E-state index < -0.39 is 5.79 Å². The normalized spacial score (nSPS) is 23.2. The van der Waals surface area contributed by atoms with Crippen LogP contribution in [0.25, 0.3) is 0 Å². The molecule has 148 valence electrons. The van der Waals surface area contributed by atoms with Gasteiger partial charge in [0.15, 0.2) is 29.5 Å². The summed E-state index contributed by atoms with van der Waals surface area (Å²) in [4.78, 5) is 0. The standard InChI is InChI=1S/C21H29NO5/c1-4-8-17(20-15-26-21(27-20)11-6-5-7-12-21)22(23)14-16-9-10-18(24-2)19(13-16)25-3/h4,9-10,13-14,17,20H,1,5-8,11-12,15H2,2-3H3/b22-14-/t17-,20+/m0/s1. The largest absolute Gasteiger partial charge is 0.623 e. The van der Waals surface area contributed by atoms with E-state index in [0.717, 1.165) is 36.0 Å². The second-order valence-corrected chi connectivity index (χ2v) is 7.13. The molecule has 1 saturated carbocycles. The molecule has 27 heavy (non-hydrogen) atoms. The zero-order chi connectivity index (χ0) is 19.3. The Hall–Kier alpha value is -2.05. The van der Waals surface area contributed by atoms with E-state index in [9.17, 15) is 5.21 Å². The minimum atomic E-state index is -0.494. The van der Waals surface area contributed by atoms with Crippen LogP contribution < -0.4 is 9.47 Å². The van der Waals surface area contributed by atoms with Crippen LogP contribution in [-0.2, 0) is 9.47 Å². The summed E-state index contributed by atoms with van der Waals surface area (Å²) in [7, 11) is 3.16. The third kappa shape index (κ3) is 4.45. The van der Waals surface area contributed by atoms with Gasteiger partial charge in [-0.05, 0) is 31.0 Å². The maximum absolute atomic E-state index is 12.9. The molecule has 2 fully saturated rings. The quantitative estimate of drug-likeness (QED) is 0.239. The third-order valence-corrected chi connectivity index (χ3v) is 5.34. The second kappa shape index (κ2) is 8.76. The third-order valence-electron chi connectivity index (χ3n) is 5.34. The Morgan fingerprint density at radius 1 is 1.26 bits per heavy atom. The first-order chi connectivity index (χ1) is 13.1. The highest BCUT2D eigenvalue weighted by molar-refractivity contribution is 5.77. The number of methoxy groups -OCH3 is 2. The SMILES string of the molecule is C=CC[C@@H]([C@H]1COC2(CCCCC2)O1)/[N+]([O-])=C/c1ccc(OC)c(OC)c1. The van der Waals surface area contributed by atoms with E-state index >= 15 is 0 Å². The van der Waals surface area contributed by atoms with Crippen LogP contribution in [0.5, 0.6) is 11.5 Å². The van der Waals surface area contributed by atoms with Crippen LogP contribution in [-0.4, -0.2) is 49.7 Å². The van der Waals surface area contributed by atoms with Crippen molar-refractivity contribution in [3.8, 4) is 11.5 Å². The molecule has 1 saturated heterocycles. The fourth-order valence-electron chi connectivity index (χ4n) is 3.89. The van der Waals surface area contributed by atoms with Crippen molar-refractivity contribution in [2.45, 2.75) is 56.5 Å². The van der Waals surface area contributed by atoms with Crippen molar-refractivity contribution in [3.05, 3.63) is 41.6 Å². The summed E-state index contributed by atoms with van der Waals surface area (Å²) in [5.74, 6) is 0.718. The Labute approximate surface area is 161 Å². The van der Waals surface area contributed by atoms with E-state index in [4.69, 9.17) is 18.9 Å². The van der Waals surface area contributed by atoms with Gasteiger partial charge in [0.05, 0.1) is 20.8 Å². The monoisotopic (exact) mass is 375 g/mol. The molecule has 2 aliphatic rings. The fourth-order valence-corrected chi connectivity index (χ4v) is 3.89. The van der Waals surface area contributed by atoms with Crippen molar-refractivity contribution >= 4 is 6.21 Å². The first-order valence-corrected chi connectivity index (χ1v) is 9.56. The Kier molecular flexibility index (Phi) is 6.39. The Balaban J connectivity index is 1.78. The number of ether oxygens (including phenoxy) is 4. The van der Waals surface area contributed by atoms with Crippen molar-refractivity contribution in [2.75, 3.05) is 20.8 Å². The summed E-state index contributed by atoms with van der Waals surface area (Å²) in [6, 6.07) is 5.01. The maximum atomic E-state index is 12.9. The summed E-state index contributed by atoms with van der Waals surface area (Å²) in [6.07, 6.45) is 8.82. The fraction of sp³-hybridized carbons (Fsp3) is 0.571. The molecule has 0 bridgehead atoms. The van der Waals surface area contributed by atoms with E-state index in [2.05, 4.69) is 6.58 Å². The van der Waals surface area contributed by atoms with Gasteiger partial charge in [-0.2, -0.15) is 0 Å². The van der Waals surface area contributed by atoms with Gasteiger partial charge in [-0.15, -0.1) is 6.58 Å². The van der Waals surface area contributed by atoms with Gasteiger partial charge < -0.3 is 24.2 Å². The number of hydrogen-bond donors (Lipinski definition) is 0. The van der Waals surface area contributed by atoms with Crippen LogP contribution in [0.3, 0.4) is 0 Å². The van der Waals surface area contributed by atoms with E-state index in [1.807, 2.05) is 6.07 Å². The van der Waals surface area contributed by atoms with E-state index in [0.29, 0.717) is 24.5 Å². The molecule has 0 unspecified atom stereocenters. The molecule has 6 heteroatoms. The zero-order valence-corrected chi connectivity index (χ0v) is 16.2. The number of hydroxylamine groups is 1. The predicted molar refractivity (Wildman–Crippen MR) is 104 cm³/mol. The topological polar surface area (TPSA) is 63.0 Å². The van der Waals surface area contributed by atoms with Crippen LogP contribution >= 0.6 is 0 Å². The number of rotatable bonds is 7. The number of benzene rings is 1. The summed E-state index contributed by atoms with van der Waals surface area (Å²) in [5.41, 5.74) is 0.739. The summed E-state index contributed by atoms with van der Waals surface area (Å²) in [5, 5.41) is 12.9. The van der Waals surface area contributed by atoms with Gasteiger partial charge in [0.2, 0.25) is 0 Å². The highest BCUT2D eigenvalue weighted by Gasteiger charge is 2.46. The lowest BCUT2D eigenvalue weighted by Gasteiger charge is -2.32. The maximum Gasteiger partial charge on any atom is 0.194 e. The second-order valence-electron chi connectivity index (χ2n) is 7.13. The minimum Gasteiger partial charge on any atom is -0.623 e. The lowest BCUT2D eigenvalue weighted by Crippen LogP contribution is -2.40. The average molecular weight is 375 g/mol. The van der Waals surface area contributed by atoms with Crippen LogP contribution in [0.15, 0.2) is 30.9 Å². The van der Waals surface area contributed by atoms with Crippen LogP contribution in [0.2, 0.25) is 0 Å². The lowest BCUT2D eigenvalue weighted by atomic mass is 9.94. The summed E-state index contributed by atoms with van der Waals surface area (Å²) < 4.78 is 23.8. The van der Waals surface area contributed by atoms with Crippen LogP contribution in [0, 0.1) is 5.21 Å². The first-order valence-electron chi connectivity index (χ1n) is 9.56. The van der Waals surface area contributed by atoms with Gasteiger partial charge in [-0.25, -0.2) is 4.74 Å². The van der Waals surface area contributed by atoms with Crippen molar-refractivity contribution in [1.82, 2.24) is 0 Å². The van der Waals surface area contributed by atoms with Gasteiger partial charge in [0.1, 0.15) is 6.10 Å². The predicted octanol–water partition coefficient (Wildman–Crippen LogP) is 3.65. The van der Waals surface area contributed by atoms with Gasteiger partial charge in [0, 0.05) is 24.8 Å². The minimum absolute atomic E-state index is 0.269. The highest BCUT2D eigenvalue weighted by atomic mass is 16.7. The Bertz CT molecular complexity index is 681. The molecule has 0 amide bonds. The molecule has 6 nitrogen and oxygen atoms in total. The molecule has 2 atom stereocenters. The molecule has 1 aromatic rings. The van der Waals surface area contributed by atoms with E-state index in [-0.39, 0.29) is 12.1 Å². The van der Waals surface area contributed by atoms with Crippen molar-refractivity contribution in [3.63, 3.8) is 0 Å². The number of hydrogen-bond acceptors (Lipinski definition) is 5. The first kappa shape index (κ1) is 19.7. The Morgan fingerprint density at radius 2 is 2.00 bits per heavy atom.